The highest BCUT2D eigenvalue weighted by Crippen LogP contribution is 2.25. The Balaban J connectivity index is 1.62. The minimum Gasteiger partial charge on any atom is -0.489 e. The lowest BCUT2D eigenvalue weighted by atomic mass is 10.2. The predicted octanol–water partition coefficient (Wildman–Crippen LogP) is 4.20. The molecule has 1 N–H and O–H groups in total. The van der Waals surface area contributed by atoms with Crippen molar-refractivity contribution in [3.05, 3.63) is 78.4 Å². The minimum absolute atomic E-state index is 0.0214. The maximum absolute atomic E-state index is 12.6. The van der Waals surface area contributed by atoms with Crippen LogP contribution in [0.15, 0.2) is 67.1 Å². The van der Waals surface area contributed by atoms with Crippen molar-refractivity contribution in [2.75, 3.05) is 23.8 Å². The molecule has 0 saturated heterocycles. The molecule has 2 aromatic heterocycles. The Hall–Kier alpha value is -3.41. The molecule has 0 bridgehead atoms. The van der Waals surface area contributed by atoms with Crippen molar-refractivity contribution in [3.8, 4) is 5.75 Å². The van der Waals surface area contributed by atoms with Crippen LogP contribution in [0.3, 0.4) is 0 Å². The molecule has 2 heterocycles. The van der Waals surface area contributed by atoms with Crippen LogP contribution in [0.2, 0.25) is 0 Å². The predicted molar refractivity (Wildman–Crippen MR) is 116 cm³/mol. The first-order chi connectivity index (χ1) is 14.0. The van der Waals surface area contributed by atoms with Gasteiger partial charge >= 0.3 is 0 Å². The number of aromatic nitrogens is 2. The number of hydrogen-bond acceptors (Lipinski definition) is 5. The van der Waals surface area contributed by atoms with Crippen molar-refractivity contribution in [2.45, 2.75) is 26.4 Å². The Labute approximate surface area is 171 Å². The van der Waals surface area contributed by atoms with Gasteiger partial charge in [0.1, 0.15) is 11.4 Å². The van der Waals surface area contributed by atoms with Gasteiger partial charge in [0, 0.05) is 26.0 Å². The molecule has 0 saturated carbocycles. The number of nitrogens with one attached hydrogen (secondary N) is 1. The summed E-state index contributed by atoms with van der Waals surface area (Å²) in [5.41, 5.74) is 3.18. The molecule has 1 aromatic carbocycles. The van der Waals surface area contributed by atoms with Gasteiger partial charge in [0.25, 0.3) is 5.91 Å². The number of ether oxygens (including phenoxy) is 1. The van der Waals surface area contributed by atoms with Crippen LogP contribution in [0.1, 0.15) is 29.9 Å². The molecule has 0 atom stereocenters. The third kappa shape index (κ3) is 5.78. The van der Waals surface area contributed by atoms with Gasteiger partial charge in [-0.3, -0.25) is 9.78 Å². The Morgan fingerprint density at radius 3 is 2.55 bits per heavy atom. The molecule has 3 aromatic rings. The van der Waals surface area contributed by atoms with E-state index in [1.54, 1.807) is 24.7 Å². The number of likely N-dealkylation sites (N-methyl/N-ethyl adjacent to an activating group) is 1. The summed E-state index contributed by atoms with van der Waals surface area (Å²) in [6.07, 6.45) is 6.25. The number of amides is 1. The molecule has 3 rings (SSSR count). The van der Waals surface area contributed by atoms with Crippen molar-refractivity contribution in [2.24, 2.45) is 0 Å². The van der Waals surface area contributed by atoms with Crippen molar-refractivity contribution in [1.29, 1.82) is 0 Å². The van der Waals surface area contributed by atoms with E-state index in [1.807, 2.05) is 63.4 Å². The second-order valence-corrected chi connectivity index (χ2v) is 7.05. The molecule has 0 unspecified atom stereocenters. The molecule has 150 valence electrons. The summed E-state index contributed by atoms with van der Waals surface area (Å²) in [6.45, 7) is 4.74. The van der Waals surface area contributed by atoms with Gasteiger partial charge in [-0.05, 0) is 62.2 Å². The van der Waals surface area contributed by atoms with Crippen LogP contribution in [0, 0.1) is 0 Å². The van der Waals surface area contributed by atoms with Crippen LogP contribution >= 0.6 is 0 Å². The Morgan fingerprint density at radius 2 is 1.86 bits per heavy atom. The number of benzene rings is 1. The summed E-state index contributed by atoms with van der Waals surface area (Å²) in [5.74, 6) is 0.374. The number of para-hydroxylation sites is 2. The molecule has 1 amide bonds. The van der Waals surface area contributed by atoms with Gasteiger partial charge in [0.05, 0.1) is 23.7 Å². The van der Waals surface area contributed by atoms with Gasteiger partial charge in [-0.25, -0.2) is 4.98 Å². The van der Waals surface area contributed by atoms with E-state index < -0.39 is 0 Å². The van der Waals surface area contributed by atoms with Crippen LogP contribution in [0.5, 0.6) is 5.75 Å². The summed E-state index contributed by atoms with van der Waals surface area (Å²) in [6, 6.07) is 15.1. The van der Waals surface area contributed by atoms with Crippen LogP contribution < -0.4 is 15.0 Å². The van der Waals surface area contributed by atoms with E-state index in [4.69, 9.17) is 4.74 Å². The smallest absolute Gasteiger partial charge is 0.274 e. The molecule has 0 fully saturated rings. The van der Waals surface area contributed by atoms with Crippen LogP contribution in [-0.4, -0.2) is 35.6 Å². The highest BCUT2D eigenvalue weighted by molar-refractivity contribution is 6.03. The molecule has 6 heteroatoms. The van der Waals surface area contributed by atoms with Crippen molar-refractivity contribution >= 4 is 17.3 Å². The fraction of sp³-hybridized carbons (Fsp3) is 0.261. The van der Waals surface area contributed by atoms with Gasteiger partial charge in [-0.2, -0.15) is 0 Å². The van der Waals surface area contributed by atoms with E-state index in [0.29, 0.717) is 17.1 Å². The Morgan fingerprint density at radius 1 is 1.10 bits per heavy atom. The zero-order valence-electron chi connectivity index (χ0n) is 17.0. The second kappa shape index (κ2) is 9.68. The number of carbonyl (C=O) groups is 1. The number of rotatable bonds is 8. The average Bonchev–Trinajstić information content (AvgIpc) is 2.74. The summed E-state index contributed by atoms with van der Waals surface area (Å²) in [4.78, 5) is 23.1. The van der Waals surface area contributed by atoms with Gasteiger partial charge < -0.3 is 15.0 Å². The lowest BCUT2D eigenvalue weighted by Gasteiger charge is -2.19. The normalized spacial score (nSPS) is 10.6. The van der Waals surface area contributed by atoms with Crippen molar-refractivity contribution < 1.29 is 9.53 Å². The van der Waals surface area contributed by atoms with E-state index >= 15 is 0 Å². The molecule has 0 spiro atoms. The van der Waals surface area contributed by atoms with Crippen LogP contribution in [0.4, 0.5) is 11.4 Å². The molecular formula is C23H26N4O2. The highest BCUT2D eigenvalue weighted by atomic mass is 16.5. The van der Waals surface area contributed by atoms with Gasteiger partial charge in [-0.1, -0.05) is 12.1 Å². The third-order valence-electron chi connectivity index (χ3n) is 4.40. The highest BCUT2D eigenvalue weighted by Gasteiger charge is 2.12. The largest absolute Gasteiger partial charge is 0.489 e. The number of nitrogens with zero attached hydrogens (tertiary/aromatic N) is 3. The first kappa shape index (κ1) is 20.3. The summed E-state index contributed by atoms with van der Waals surface area (Å²) in [7, 11) is 2.01. The summed E-state index contributed by atoms with van der Waals surface area (Å²) >= 11 is 0. The fourth-order valence-electron chi connectivity index (χ4n) is 2.83. The number of anilines is 2. The average molecular weight is 390 g/mol. The third-order valence-corrected chi connectivity index (χ3v) is 4.40. The first-order valence-corrected chi connectivity index (χ1v) is 9.66. The topological polar surface area (TPSA) is 67.3 Å². The zero-order chi connectivity index (χ0) is 20.6. The SMILES string of the molecule is CC(C)Oc1ccccc1NC(=O)c1ccc(N(C)CCc2ccncc2)cn1. The molecule has 0 aliphatic rings. The number of hydrogen-bond donors (Lipinski definition) is 1. The first-order valence-electron chi connectivity index (χ1n) is 9.66. The molecule has 6 nitrogen and oxygen atoms in total. The van der Waals surface area contributed by atoms with Crippen molar-refractivity contribution in [3.63, 3.8) is 0 Å². The van der Waals surface area contributed by atoms with E-state index in [2.05, 4.69) is 20.2 Å². The standard InChI is InChI=1S/C23H26N4O2/c1-17(2)29-22-7-5-4-6-20(22)26-23(28)21-9-8-19(16-25-21)27(3)15-12-18-10-13-24-14-11-18/h4-11,13-14,16-17H,12,15H2,1-3H3,(H,26,28). The second-order valence-electron chi connectivity index (χ2n) is 7.05. The van der Waals surface area contributed by atoms with Crippen molar-refractivity contribution in [1.82, 2.24) is 9.97 Å². The zero-order valence-corrected chi connectivity index (χ0v) is 17.0. The minimum atomic E-state index is -0.268. The number of pyridine rings is 2. The summed E-state index contributed by atoms with van der Waals surface area (Å²) < 4.78 is 5.75. The van der Waals surface area contributed by atoms with E-state index in [0.717, 1.165) is 18.7 Å². The maximum atomic E-state index is 12.6. The van der Waals surface area contributed by atoms with Gasteiger partial charge in [-0.15, -0.1) is 0 Å². The molecule has 0 aliphatic heterocycles. The monoisotopic (exact) mass is 390 g/mol. The van der Waals surface area contributed by atoms with E-state index in [1.165, 1.54) is 5.56 Å². The molecule has 0 aliphatic carbocycles. The van der Waals surface area contributed by atoms with Gasteiger partial charge in [0.15, 0.2) is 0 Å². The Kier molecular flexibility index (Phi) is 6.79. The molecular weight excluding hydrogens is 364 g/mol. The van der Waals surface area contributed by atoms with Gasteiger partial charge in [0.2, 0.25) is 0 Å². The van der Waals surface area contributed by atoms with E-state index in [9.17, 15) is 4.79 Å². The summed E-state index contributed by atoms with van der Waals surface area (Å²) in [5, 5.41) is 2.88. The Bertz CT molecular complexity index is 927. The lowest BCUT2D eigenvalue weighted by molar-refractivity contribution is 0.102. The molecule has 0 radical (unpaired) electrons. The van der Waals surface area contributed by atoms with Crippen LogP contribution in [-0.2, 0) is 6.42 Å². The number of carbonyl (C=O) groups excluding carboxylic acids is 1. The molecule has 29 heavy (non-hydrogen) atoms. The van der Waals surface area contributed by atoms with Crippen LogP contribution in [0.25, 0.3) is 0 Å². The lowest BCUT2D eigenvalue weighted by Crippen LogP contribution is -2.21. The van der Waals surface area contributed by atoms with E-state index in [-0.39, 0.29) is 12.0 Å². The maximum Gasteiger partial charge on any atom is 0.274 e. The quantitative estimate of drug-likeness (QED) is 0.624. The fourth-order valence-corrected chi connectivity index (χ4v) is 2.83.